The zero-order chi connectivity index (χ0) is 25.6. The van der Waals surface area contributed by atoms with E-state index in [0.717, 1.165) is 37.4 Å². The Balaban J connectivity index is 1.52. The van der Waals surface area contributed by atoms with Crippen LogP contribution in [0.25, 0.3) is 16.6 Å². The standard InChI is InChI=1S/C24H27N7O4S/c1-15-3-6-20(16(2)13-15)36(34,35)24-22-26-23(33)18-5-4-17(14-19(18)31(22)28-27-24)30-11-9-29(10-12-30)8-7-21(25)32/h3-6,13-14,28H,7-12H2,1-2H3,(H2,25,32). The summed E-state index contributed by atoms with van der Waals surface area (Å²) in [4.78, 5) is 32.5. The number of amides is 1. The van der Waals surface area contributed by atoms with Crippen molar-refractivity contribution >= 4 is 38.0 Å². The molecule has 36 heavy (non-hydrogen) atoms. The van der Waals surface area contributed by atoms with Crippen LogP contribution in [0.3, 0.4) is 0 Å². The van der Waals surface area contributed by atoms with Gasteiger partial charge in [-0.3, -0.25) is 14.5 Å². The van der Waals surface area contributed by atoms with E-state index in [9.17, 15) is 18.0 Å². The van der Waals surface area contributed by atoms with E-state index >= 15 is 0 Å². The molecule has 0 unspecified atom stereocenters. The minimum atomic E-state index is -4.02. The minimum absolute atomic E-state index is 0.0408. The molecule has 12 heteroatoms. The zero-order valence-electron chi connectivity index (χ0n) is 20.1. The van der Waals surface area contributed by atoms with E-state index in [1.165, 1.54) is 4.52 Å². The Morgan fingerprint density at radius 1 is 1.08 bits per heavy atom. The highest BCUT2D eigenvalue weighted by atomic mass is 32.2. The number of H-pyrrole nitrogens is 1. The van der Waals surface area contributed by atoms with E-state index in [4.69, 9.17) is 5.73 Å². The van der Waals surface area contributed by atoms with Gasteiger partial charge >= 0.3 is 0 Å². The Labute approximate surface area is 207 Å². The summed E-state index contributed by atoms with van der Waals surface area (Å²) in [6.07, 6.45) is 0.330. The van der Waals surface area contributed by atoms with Crippen LogP contribution in [0.15, 0.2) is 51.1 Å². The van der Waals surface area contributed by atoms with Crippen molar-refractivity contribution in [3.05, 3.63) is 57.9 Å². The lowest BCUT2D eigenvalue weighted by molar-refractivity contribution is -0.118. The van der Waals surface area contributed by atoms with Gasteiger partial charge < -0.3 is 10.6 Å². The van der Waals surface area contributed by atoms with E-state index < -0.39 is 15.4 Å². The maximum atomic E-state index is 13.4. The van der Waals surface area contributed by atoms with Crippen LogP contribution in [0.4, 0.5) is 5.69 Å². The molecule has 5 rings (SSSR count). The highest BCUT2D eigenvalue weighted by Crippen LogP contribution is 2.27. The SMILES string of the molecule is Cc1ccc(S(=O)(=O)c2n[nH]n3c2nc(=O)c2ccc(N4CCN(CCC(N)=O)CC4)cc23)c(C)c1. The molecule has 1 aliphatic heterocycles. The molecule has 3 N–H and O–H groups in total. The first-order valence-electron chi connectivity index (χ1n) is 11.6. The van der Waals surface area contributed by atoms with Crippen molar-refractivity contribution in [2.75, 3.05) is 37.6 Å². The molecule has 2 aromatic heterocycles. The molecule has 1 aliphatic rings. The second-order valence-electron chi connectivity index (χ2n) is 9.11. The lowest BCUT2D eigenvalue weighted by Crippen LogP contribution is -2.47. The lowest BCUT2D eigenvalue weighted by Gasteiger charge is -2.36. The predicted molar refractivity (Wildman–Crippen MR) is 135 cm³/mol. The number of nitrogens with one attached hydrogen (secondary N) is 1. The van der Waals surface area contributed by atoms with Crippen molar-refractivity contribution in [2.24, 2.45) is 5.73 Å². The number of rotatable bonds is 6. The number of piperazine rings is 1. The first kappa shape index (κ1) is 23.9. The smallest absolute Gasteiger partial charge is 0.281 e. The summed E-state index contributed by atoms with van der Waals surface area (Å²) in [6.45, 7) is 7.28. The first-order valence-corrected chi connectivity index (χ1v) is 13.1. The Hall–Kier alpha value is -3.77. The van der Waals surface area contributed by atoms with Gasteiger partial charge in [-0.05, 0) is 43.7 Å². The number of aryl methyl sites for hydroxylation is 2. The number of benzene rings is 2. The summed E-state index contributed by atoms with van der Waals surface area (Å²) in [5.74, 6) is -0.312. The van der Waals surface area contributed by atoms with Crippen molar-refractivity contribution in [3.63, 3.8) is 0 Å². The minimum Gasteiger partial charge on any atom is -0.370 e. The van der Waals surface area contributed by atoms with Gasteiger partial charge in [0.15, 0.2) is 5.65 Å². The van der Waals surface area contributed by atoms with Crippen molar-refractivity contribution in [1.29, 1.82) is 0 Å². The Kier molecular flexibility index (Phi) is 6.00. The summed E-state index contributed by atoms with van der Waals surface area (Å²) in [5, 5.41) is 6.89. The molecule has 0 bridgehead atoms. The zero-order valence-corrected chi connectivity index (χ0v) is 20.9. The summed E-state index contributed by atoms with van der Waals surface area (Å²) < 4.78 is 28.3. The van der Waals surface area contributed by atoms with Crippen LogP contribution in [0.2, 0.25) is 0 Å². The number of carbonyl (C=O) groups is 1. The number of nitrogens with zero attached hydrogens (tertiary/aromatic N) is 5. The molecule has 1 saturated heterocycles. The van der Waals surface area contributed by atoms with Gasteiger partial charge in [-0.15, -0.1) is 5.10 Å². The van der Waals surface area contributed by atoms with Crippen molar-refractivity contribution in [3.8, 4) is 0 Å². The van der Waals surface area contributed by atoms with Crippen LogP contribution in [0.1, 0.15) is 17.5 Å². The number of aromatic amines is 1. The van der Waals surface area contributed by atoms with Crippen LogP contribution in [-0.2, 0) is 14.6 Å². The van der Waals surface area contributed by atoms with Gasteiger partial charge in [0.05, 0.1) is 15.8 Å². The molecule has 1 amide bonds. The fraction of sp³-hybridized carbons (Fsp3) is 0.333. The van der Waals surface area contributed by atoms with Gasteiger partial charge in [-0.1, -0.05) is 17.7 Å². The summed E-state index contributed by atoms with van der Waals surface area (Å²) in [6, 6.07) is 10.5. The number of aromatic nitrogens is 4. The van der Waals surface area contributed by atoms with Gasteiger partial charge in [0.1, 0.15) is 0 Å². The maximum absolute atomic E-state index is 13.4. The average Bonchev–Trinajstić information content (AvgIpc) is 3.27. The highest BCUT2D eigenvalue weighted by molar-refractivity contribution is 7.91. The summed E-state index contributed by atoms with van der Waals surface area (Å²) >= 11 is 0. The molecule has 0 atom stereocenters. The largest absolute Gasteiger partial charge is 0.370 e. The number of hydrogen-bond acceptors (Lipinski definition) is 8. The molecular formula is C24H27N7O4S. The summed E-state index contributed by atoms with van der Waals surface area (Å²) in [7, 11) is -4.02. The Bertz CT molecular complexity index is 1650. The third-order valence-corrected chi connectivity index (χ3v) is 8.42. The Morgan fingerprint density at radius 3 is 2.53 bits per heavy atom. The molecule has 4 aromatic rings. The number of sulfone groups is 1. The number of anilines is 1. The number of primary amides is 1. The molecule has 3 heterocycles. The van der Waals surface area contributed by atoms with Crippen molar-refractivity contribution < 1.29 is 13.2 Å². The molecule has 2 aromatic carbocycles. The fourth-order valence-electron chi connectivity index (χ4n) is 4.68. The number of hydrogen-bond donors (Lipinski definition) is 2. The number of fused-ring (bicyclic) bond motifs is 3. The van der Waals surface area contributed by atoms with Gasteiger partial charge in [-0.25, -0.2) is 18.1 Å². The molecule has 1 fully saturated rings. The van der Waals surface area contributed by atoms with Gasteiger partial charge in [0, 0.05) is 44.8 Å². The highest BCUT2D eigenvalue weighted by Gasteiger charge is 2.28. The van der Waals surface area contributed by atoms with Crippen LogP contribution < -0.4 is 16.2 Å². The first-order chi connectivity index (χ1) is 17.1. The van der Waals surface area contributed by atoms with Crippen LogP contribution in [0.5, 0.6) is 0 Å². The predicted octanol–water partition coefficient (Wildman–Crippen LogP) is 1.02. The molecule has 0 saturated carbocycles. The third-order valence-electron chi connectivity index (χ3n) is 6.60. The number of nitrogens with two attached hydrogens (primary N) is 1. The van der Waals surface area contributed by atoms with Crippen molar-refractivity contribution in [2.45, 2.75) is 30.2 Å². The second-order valence-corrected chi connectivity index (χ2v) is 10.9. The molecule has 0 radical (unpaired) electrons. The van der Waals surface area contributed by atoms with Crippen molar-refractivity contribution in [1.82, 2.24) is 24.7 Å². The van der Waals surface area contributed by atoms with Crippen LogP contribution in [-0.4, -0.2) is 71.8 Å². The maximum Gasteiger partial charge on any atom is 0.281 e. The van der Waals surface area contributed by atoms with Crippen LogP contribution >= 0.6 is 0 Å². The summed E-state index contributed by atoms with van der Waals surface area (Å²) in [5.41, 5.74) is 7.62. The number of carbonyl (C=O) groups excluding carboxylic acids is 1. The van der Waals surface area contributed by atoms with E-state index in [1.54, 1.807) is 31.2 Å². The molecule has 11 nitrogen and oxygen atoms in total. The van der Waals surface area contributed by atoms with E-state index in [2.05, 4.69) is 25.1 Å². The molecule has 188 valence electrons. The van der Waals surface area contributed by atoms with E-state index in [1.807, 2.05) is 19.1 Å². The van der Waals surface area contributed by atoms with Gasteiger partial charge in [0.25, 0.3) is 5.56 Å². The van der Waals surface area contributed by atoms with E-state index in [0.29, 0.717) is 29.4 Å². The monoisotopic (exact) mass is 509 g/mol. The normalized spacial score (nSPS) is 15.1. The fourth-order valence-corrected chi connectivity index (χ4v) is 6.15. The molecule has 0 aliphatic carbocycles. The average molecular weight is 510 g/mol. The Morgan fingerprint density at radius 2 is 1.83 bits per heavy atom. The topological polar surface area (TPSA) is 147 Å². The van der Waals surface area contributed by atoms with Crippen LogP contribution in [0, 0.1) is 13.8 Å². The third kappa shape index (κ3) is 4.22. The molecular weight excluding hydrogens is 482 g/mol. The second kappa shape index (κ2) is 9.03. The van der Waals surface area contributed by atoms with Gasteiger partial charge in [0.2, 0.25) is 20.8 Å². The van der Waals surface area contributed by atoms with E-state index in [-0.39, 0.29) is 21.5 Å². The molecule has 0 spiro atoms. The lowest BCUT2D eigenvalue weighted by atomic mass is 10.2. The quantitative estimate of drug-likeness (QED) is 0.392. The van der Waals surface area contributed by atoms with Gasteiger partial charge in [-0.2, -0.15) is 4.98 Å².